The van der Waals surface area contributed by atoms with E-state index in [1.807, 2.05) is 30.2 Å². The van der Waals surface area contributed by atoms with Crippen molar-refractivity contribution in [1.82, 2.24) is 34.1 Å². The molecule has 1 saturated heterocycles. The van der Waals surface area contributed by atoms with Crippen LogP contribution in [0.3, 0.4) is 0 Å². The summed E-state index contributed by atoms with van der Waals surface area (Å²) in [6.45, 7) is 3.92. The van der Waals surface area contributed by atoms with E-state index >= 15 is 0 Å². The van der Waals surface area contributed by atoms with Crippen molar-refractivity contribution < 1.29 is 13.9 Å². The van der Waals surface area contributed by atoms with Crippen molar-refractivity contribution in [3.05, 3.63) is 47.5 Å². The summed E-state index contributed by atoms with van der Waals surface area (Å²) in [7, 11) is 3.50. The highest BCUT2D eigenvalue weighted by molar-refractivity contribution is 6.07. The van der Waals surface area contributed by atoms with Crippen molar-refractivity contribution in [3.63, 3.8) is 0 Å². The summed E-state index contributed by atoms with van der Waals surface area (Å²) >= 11 is 0. The molecule has 0 unspecified atom stereocenters. The van der Waals surface area contributed by atoms with Gasteiger partial charge in [0.1, 0.15) is 11.2 Å². The Morgan fingerprint density at radius 3 is 2.81 bits per heavy atom. The topological polar surface area (TPSA) is 115 Å². The number of hydrogen-bond acceptors (Lipinski definition) is 8. The molecule has 0 spiro atoms. The molecule has 5 aromatic rings. The molecule has 0 N–H and O–H groups in total. The van der Waals surface area contributed by atoms with E-state index in [-0.39, 0.29) is 17.8 Å². The largest absolute Gasteiger partial charge is 0.450 e. The van der Waals surface area contributed by atoms with Gasteiger partial charge in [-0.05, 0) is 25.3 Å². The molecule has 5 aromatic heterocycles. The molecule has 6 heterocycles. The lowest BCUT2D eigenvalue weighted by Crippen LogP contribution is -2.34. The molecule has 192 valence electrons. The van der Waals surface area contributed by atoms with Crippen LogP contribution in [0.15, 0.2) is 46.3 Å². The summed E-state index contributed by atoms with van der Waals surface area (Å²) in [5.41, 5.74) is 4.40. The Labute approximate surface area is 212 Å². The summed E-state index contributed by atoms with van der Waals surface area (Å²) in [5, 5.41) is 9.51. The van der Waals surface area contributed by atoms with Crippen molar-refractivity contribution in [2.45, 2.75) is 44.9 Å². The number of aryl methyl sites for hydroxylation is 1. The number of pyridine rings is 1. The van der Waals surface area contributed by atoms with Gasteiger partial charge in [0, 0.05) is 55.7 Å². The van der Waals surface area contributed by atoms with Crippen LogP contribution in [0.1, 0.15) is 32.2 Å². The van der Waals surface area contributed by atoms with E-state index in [9.17, 15) is 4.79 Å². The standard InChI is InChI=1S/C26H29N7O4/c1-4-19-9-18(5-7-36-19)33-24-20-10-21(16-11-29-32(15-16)6-8-35-3)27-13-22(20)37-25(24)23(30-26(33)34)17-12-28-31(2)14-17/h10-15,18-19H,4-9H2,1-3H3/t18-,19-/m0/s1. The molecule has 2 atom stereocenters. The number of ether oxygens (including phenoxy) is 2. The number of furan rings is 1. The number of aromatic nitrogens is 7. The van der Waals surface area contributed by atoms with Gasteiger partial charge < -0.3 is 13.9 Å². The summed E-state index contributed by atoms with van der Waals surface area (Å²) < 4.78 is 22.7. The predicted octanol–water partition coefficient (Wildman–Crippen LogP) is 3.58. The van der Waals surface area contributed by atoms with Gasteiger partial charge in [-0.15, -0.1) is 0 Å². The first-order valence-corrected chi connectivity index (χ1v) is 12.5. The molecule has 1 fully saturated rings. The molecule has 0 bridgehead atoms. The number of fused-ring (bicyclic) bond motifs is 3. The smallest absolute Gasteiger partial charge is 0.349 e. The van der Waals surface area contributed by atoms with Crippen molar-refractivity contribution >= 4 is 22.1 Å². The van der Waals surface area contributed by atoms with E-state index < -0.39 is 0 Å². The minimum Gasteiger partial charge on any atom is -0.450 e. The van der Waals surface area contributed by atoms with Crippen LogP contribution in [0.25, 0.3) is 44.6 Å². The van der Waals surface area contributed by atoms with Crippen LogP contribution in [0.4, 0.5) is 0 Å². The number of nitrogens with zero attached hydrogens (tertiary/aromatic N) is 7. The highest BCUT2D eigenvalue weighted by atomic mass is 16.5. The second-order valence-electron chi connectivity index (χ2n) is 9.43. The number of hydrogen-bond donors (Lipinski definition) is 0. The normalized spacial score (nSPS) is 18.2. The van der Waals surface area contributed by atoms with Crippen LogP contribution in [0.2, 0.25) is 0 Å². The lowest BCUT2D eigenvalue weighted by Gasteiger charge is -2.30. The zero-order valence-corrected chi connectivity index (χ0v) is 21.1. The summed E-state index contributed by atoms with van der Waals surface area (Å²) in [6.07, 6.45) is 11.4. The van der Waals surface area contributed by atoms with E-state index in [4.69, 9.17) is 13.9 Å². The average molecular weight is 504 g/mol. The van der Waals surface area contributed by atoms with Gasteiger partial charge in [0.05, 0.1) is 43.5 Å². The highest BCUT2D eigenvalue weighted by Gasteiger charge is 2.29. The first-order chi connectivity index (χ1) is 18.1. The molecule has 11 heteroatoms. The number of methoxy groups -OCH3 is 1. The van der Waals surface area contributed by atoms with E-state index in [0.717, 1.165) is 47.0 Å². The molecule has 11 nitrogen and oxygen atoms in total. The Morgan fingerprint density at radius 1 is 1.16 bits per heavy atom. The lowest BCUT2D eigenvalue weighted by atomic mass is 10.0. The molecule has 0 aliphatic carbocycles. The third kappa shape index (κ3) is 4.23. The lowest BCUT2D eigenvalue weighted by molar-refractivity contribution is -0.00709. The maximum Gasteiger partial charge on any atom is 0.349 e. The van der Waals surface area contributed by atoms with Gasteiger partial charge >= 0.3 is 5.69 Å². The van der Waals surface area contributed by atoms with Crippen molar-refractivity contribution in [1.29, 1.82) is 0 Å². The summed E-state index contributed by atoms with van der Waals surface area (Å²) in [5.74, 6) is 0. The molecule has 0 aromatic carbocycles. The van der Waals surface area contributed by atoms with Gasteiger partial charge in [0.2, 0.25) is 0 Å². The molecule has 1 aliphatic heterocycles. The Kier molecular flexibility index (Phi) is 6.09. The fraction of sp³-hybridized carbons (Fsp3) is 0.423. The van der Waals surface area contributed by atoms with Crippen LogP contribution in [0.5, 0.6) is 0 Å². The maximum atomic E-state index is 13.6. The first-order valence-electron chi connectivity index (χ1n) is 12.5. The van der Waals surface area contributed by atoms with Crippen LogP contribution in [0, 0.1) is 0 Å². The molecule has 6 rings (SSSR count). The molecule has 0 saturated carbocycles. The summed E-state index contributed by atoms with van der Waals surface area (Å²) in [6, 6.07) is 1.93. The van der Waals surface area contributed by atoms with Gasteiger partial charge in [0.25, 0.3) is 0 Å². The minimum absolute atomic E-state index is 0.0432. The van der Waals surface area contributed by atoms with Crippen molar-refractivity contribution in [2.24, 2.45) is 7.05 Å². The molecule has 0 amide bonds. The van der Waals surface area contributed by atoms with Crippen LogP contribution < -0.4 is 5.69 Å². The first kappa shape index (κ1) is 23.6. The van der Waals surface area contributed by atoms with Gasteiger partial charge in [-0.2, -0.15) is 15.2 Å². The minimum atomic E-state index is -0.304. The second-order valence-corrected chi connectivity index (χ2v) is 9.43. The molecule has 0 radical (unpaired) electrons. The highest BCUT2D eigenvalue weighted by Crippen LogP contribution is 2.37. The zero-order chi connectivity index (χ0) is 25.5. The SMILES string of the molecule is CC[C@H]1C[C@@H](n2c(=O)nc(-c3cnn(C)c3)c3oc4cnc(-c5cnn(CCOC)c5)cc4c32)CCO1. The fourth-order valence-corrected chi connectivity index (χ4v) is 5.10. The van der Waals surface area contributed by atoms with E-state index in [2.05, 4.69) is 27.1 Å². The predicted molar refractivity (Wildman–Crippen MR) is 137 cm³/mol. The van der Waals surface area contributed by atoms with Crippen LogP contribution >= 0.6 is 0 Å². The van der Waals surface area contributed by atoms with Gasteiger partial charge in [-0.1, -0.05) is 6.92 Å². The van der Waals surface area contributed by atoms with Gasteiger partial charge in [-0.25, -0.2) is 4.79 Å². The Morgan fingerprint density at radius 2 is 2.03 bits per heavy atom. The zero-order valence-electron chi connectivity index (χ0n) is 21.1. The summed E-state index contributed by atoms with van der Waals surface area (Å²) in [4.78, 5) is 22.8. The average Bonchev–Trinajstić information content (AvgIpc) is 3.65. The Hall–Kier alpha value is -3.83. The third-order valence-corrected chi connectivity index (χ3v) is 7.01. The molecular formula is C26H29N7O4. The van der Waals surface area contributed by atoms with Crippen molar-refractivity contribution in [3.8, 4) is 22.5 Å². The Balaban J connectivity index is 1.57. The van der Waals surface area contributed by atoms with Crippen LogP contribution in [-0.4, -0.2) is 60.5 Å². The third-order valence-electron chi connectivity index (χ3n) is 7.01. The second kappa shape index (κ2) is 9.56. The van der Waals surface area contributed by atoms with Crippen LogP contribution in [-0.2, 0) is 23.1 Å². The van der Waals surface area contributed by atoms with Gasteiger partial charge in [0.15, 0.2) is 11.2 Å². The Bertz CT molecular complexity index is 1630. The van der Waals surface area contributed by atoms with E-state index in [1.54, 1.807) is 34.9 Å². The monoisotopic (exact) mass is 503 g/mol. The number of rotatable bonds is 7. The fourth-order valence-electron chi connectivity index (χ4n) is 5.10. The molecule has 1 aliphatic rings. The quantitative estimate of drug-likeness (QED) is 0.331. The maximum absolute atomic E-state index is 13.6. The van der Waals surface area contributed by atoms with Gasteiger partial charge in [-0.3, -0.25) is 18.9 Å². The van der Waals surface area contributed by atoms with Crippen molar-refractivity contribution in [2.75, 3.05) is 20.3 Å². The molecular weight excluding hydrogens is 474 g/mol. The van der Waals surface area contributed by atoms with E-state index in [1.165, 1.54) is 0 Å². The molecule has 37 heavy (non-hydrogen) atoms. The van der Waals surface area contributed by atoms with E-state index in [0.29, 0.717) is 36.6 Å².